The molecule has 0 amide bonds. The molecular formula is C6H10O2. The molecule has 8 heavy (non-hydrogen) atoms. The average molecular weight is 114 g/mol. The molecule has 0 aliphatic carbocycles. The Hall–Kier alpha value is -0.790. The van der Waals surface area contributed by atoms with Crippen LogP contribution in [-0.4, -0.2) is 12.4 Å². The van der Waals surface area contributed by atoms with Crippen LogP contribution in [0.25, 0.3) is 0 Å². The maximum atomic E-state index is 9.87. The van der Waals surface area contributed by atoms with Crippen LogP contribution in [0.3, 0.4) is 0 Å². The van der Waals surface area contributed by atoms with Gasteiger partial charge in [0.15, 0.2) is 12.4 Å². The summed E-state index contributed by atoms with van der Waals surface area (Å²) in [4.78, 5) is 9.87. The normalized spacial score (nSPS) is 12.2. The number of hydrogen-bond donors (Lipinski definition) is 0. The van der Waals surface area contributed by atoms with Crippen LogP contribution < -0.4 is 0 Å². The van der Waals surface area contributed by atoms with Crippen molar-refractivity contribution in [2.24, 2.45) is 0 Å². The molecule has 0 aromatic heterocycles. The van der Waals surface area contributed by atoms with Gasteiger partial charge in [0.1, 0.15) is 0 Å². The molecule has 46 valence electrons. The molecule has 0 aliphatic rings. The summed E-state index contributed by atoms with van der Waals surface area (Å²) in [5.74, 6) is 0.574. The third-order valence-corrected chi connectivity index (χ3v) is 0.579. The number of carbonyl (C=O) groups excluding carboxylic acids is 1. The van der Waals surface area contributed by atoms with Gasteiger partial charge in [-0.1, -0.05) is 6.58 Å². The lowest BCUT2D eigenvalue weighted by molar-refractivity contribution is -0.115. The van der Waals surface area contributed by atoms with Crippen molar-refractivity contribution in [2.45, 2.75) is 20.0 Å². The lowest BCUT2D eigenvalue weighted by Crippen LogP contribution is -2.06. The van der Waals surface area contributed by atoms with Crippen LogP contribution in [0.4, 0.5) is 0 Å². The summed E-state index contributed by atoms with van der Waals surface area (Å²) < 4.78 is 4.84. The Kier molecular flexibility index (Phi) is 2.92. The first kappa shape index (κ1) is 7.21. The fourth-order valence-electron chi connectivity index (χ4n) is 0.345. The second-order valence-electron chi connectivity index (χ2n) is 1.66. The second kappa shape index (κ2) is 3.24. The summed E-state index contributed by atoms with van der Waals surface area (Å²) in [5, 5.41) is 0. The molecule has 0 N–H and O–H groups in total. The number of carbonyl (C=O) groups is 1. The predicted octanol–water partition coefficient (Wildman–Crippen LogP) is 1.12. The first-order valence-corrected chi connectivity index (χ1v) is 2.44. The van der Waals surface area contributed by atoms with E-state index in [0.717, 1.165) is 6.29 Å². The van der Waals surface area contributed by atoms with Gasteiger partial charge in [0.25, 0.3) is 0 Å². The number of allylic oxidation sites excluding steroid dienone is 1. The highest BCUT2D eigenvalue weighted by Crippen LogP contribution is 1.94. The fraction of sp³-hybridized carbons (Fsp3) is 0.500. The lowest BCUT2D eigenvalue weighted by atomic mass is 10.4. The van der Waals surface area contributed by atoms with Crippen molar-refractivity contribution in [3.05, 3.63) is 12.3 Å². The zero-order chi connectivity index (χ0) is 6.57. The minimum Gasteiger partial charge on any atom is -0.489 e. The van der Waals surface area contributed by atoms with Crippen LogP contribution in [0.1, 0.15) is 13.8 Å². The standard InChI is InChI=1S/C6H10O2/c1-5(2)8-6(3)4-7/h4,6H,1H2,2-3H3. The molecule has 0 radical (unpaired) electrons. The molecule has 2 nitrogen and oxygen atoms in total. The van der Waals surface area contributed by atoms with Crippen LogP contribution in [0.15, 0.2) is 12.3 Å². The zero-order valence-electron chi connectivity index (χ0n) is 5.18. The average Bonchev–Trinajstić information content (AvgIpc) is 1.65. The minimum absolute atomic E-state index is 0.354. The van der Waals surface area contributed by atoms with E-state index in [1.807, 2.05) is 0 Å². The largest absolute Gasteiger partial charge is 0.489 e. The van der Waals surface area contributed by atoms with E-state index < -0.39 is 0 Å². The van der Waals surface area contributed by atoms with Gasteiger partial charge in [0.05, 0.1) is 5.76 Å². The van der Waals surface area contributed by atoms with Gasteiger partial charge in [-0.05, 0) is 13.8 Å². The Balaban J connectivity index is 3.38. The highest BCUT2D eigenvalue weighted by Gasteiger charge is 1.95. The Morgan fingerprint density at radius 1 is 1.88 bits per heavy atom. The van der Waals surface area contributed by atoms with Gasteiger partial charge in [-0.25, -0.2) is 0 Å². The third kappa shape index (κ3) is 3.40. The van der Waals surface area contributed by atoms with E-state index in [0.29, 0.717) is 5.76 Å². The molecule has 1 atom stereocenters. The Morgan fingerprint density at radius 2 is 2.38 bits per heavy atom. The molecule has 0 aliphatic heterocycles. The quantitative estimate of drug-likeness (QED) is 0.406. The van der Waals surface area contributed by atoms with Crippen LogP contribution in [0.5, 0.6) is 0 Å². The van der Waals surface area contributed by atoms with Crippen molar-refractivity contribution in [1.29, 1.82) is 0 Å². The fourth-order valence-corrected chi connectivity index (χ4v) is 0.345. The van der Waals surface area contributed by atoms with Gasteiger partial charge in [0.2, 0.25) is 0 Å². The highest BCUT2D eigenvalue weighted by molar-refractivity contribution is 5.55. The van der Waals surface area contributed by atoms with Crippen LogP contribution in [0, 0.1) is 0 Å². The van der Waals surface area contributed by atoms with Gasteiger partial charge in [-0.3, -0.25) is 4.79 Å². The van der Waals surface area contributed by atoms with E-state index in [4.69, 9.17) is 4.74 Å². The number of aldehydes is 1. The van der Waals surface area contributed by atoms with Crippen LogP contribution >= 0.6 is 0 Å². The van der Waals surface area contributed by atoms with Crippen molar-refractivity contribution in [2.75, 3.05) is 0 Å². The van der Waals surface area contributed by atoms with Crippen molar-refractivity contribution in [1.82, 2.24) is 0 Å². The SMILES string of the molecule is C=C(C)OC(C)C=O. The zero-order valence-corrected chi connectivity index (χ0v) is 5.18. The Labute approximate surface area is 49.1 Å². The second-order valence-corrected chi connectivity index (χ2v) is 1.66. The van der Waals surface area contributed by atoms with Crippen molar-refractivity contribution < 1.29 is 9.53 Å². The molecule has 0 heterocycles. The molecule has 1 unspecified atom stereocenters. The number of ether oxygens (including phenoxy) is 1. The van der Waals surface area contributed by atoms with Crippen LogP contribution in [-0.2, 0) is 9.53 Å². The van der Waals surface area contributed by atoms with E-state index in [1.165, 1.54) is 0 Å². The number of hydrogen-bond acceptors (Lipinski definition) is 2. The highest BCUT2D eigenvalue weighted by atomic mass is 16.5. The van der Waals surface area contributed by atoms with E-state index in [2.05, 4.69) is 6.58 Å². The van der Waals surface area contributed by atoms with Crippen molar-refractivity contribution >= 4 is 6.29 Å². The summed E-state index contributed by atoms with van der Waals surface area (Å²) in [5.41, 5.74) is 0. The van der Waals surface area contributed by atoms with E-state index in [-0.39, 0.29) is 6.10 Å². The topological polar surface area (TPSA) is 26.3 Å². The van der Waals surface area contributed by atoms with Crippen molar-refractivity contribution in [3.63, 3.8) is 0 Å². The van der Waals surface area contributed by atoms with E-state index in [9.17, 15) is 4.79 Å². The van der Waals surface area contributed by atoms with Gasteiger partial charge in [0, 0.05) is 0 Å². The van der Waals surface area contributed by atoms with E-state index >= 15 is 0 Å². The molecular weight excluding hydrogens is 104 g/mol. The molecule has 2 heteroatoms. The molecule has 0 fully saturated rings. The smallest absolute Gasteiger partial charge is 0.160 e. The first-order chi connectivity index (χ1) is 3.66. The summed E-state index contributed by atoms with van der Waals surface area (Å²) in [7, 11) is 0. The molecule has 0 saturated carbocycles. The maximum Gasteiger partial charge on any atom is 0.160 e. The van der Waals surface area contributed by atoms with Gasteiger partial charge in [-0.15, -0.1) is 0 Å². The van der Waals surface area contributed by atoms with Crippen molar-refractivity contribution in [3.8, 4) is 0 Å². The minimum atomic E-state index is -0.354. The monoisotopic (exact) mass is 114 g/mol. The predicted molar refractivity (Wildman–Crippen MR) is 31.4 cm³/mol. The Morgan fingerprint density at radius 3 is 2.50 bits per heavy atom. The summed E-state index contributed by atoms with van der Waals surface area (Å²) in [6.45, 7) is 6.84. The molecule has 0 aromatic rings. The molecule has 0 spiro atoms. The molecule has 0 saturated heterocycles. The third-order valence-electron chi connectivity index (χ3n) is 0.579. The number of rotatable bonds is 3. The summed E-state index contributed by atoms with van der Waals surface area (Å²) >= 11 is 0. The summed E-state index contributed by atoms with van der Waals surface area (Å²) in [6, 6.07) is 0. The molecule has 0 rings (SSSR count). The summed E-state index contributed by atoms with van der Waals surface area (Å²) in [6.07, 6.45) is 0.377. The Bertz CT molecular complexity index is 96.7. The van der Waals surface area contributed by atoms with Gasteiger partial charge >= 0.3 is 0 Å². The lowest BCUT2D eigenvalue weighted by Gasteiger charge is -2.05. The molecule has 0 bridgehead atoms. The first-order valence-electron chi connectivity index (χ1n) is 2.44. The van der Waals surface area contributed by atoms with Crippen LogP contribution in [0.2, 0.25) is 0 Å². The van der Waals surface area contributed by atoms with E-state index in [1.54, 1.807) is 13.8 Å². The van der Waals surface area contributed by atoms with Gasteiger partial charge < -0.3 is 4.74 Å². The maximum absolute atomic E-state index is 9.87. The van der Waals surface area contributed by atoms with Gasteiger partial charge in [-0.2, -0.15) is 0 Å². The molecule has 0 aromatic carbocycles.